The maximum absolute atomic E-state index is 13.9. The minimum atomic E-state index is -0.504. The zero-order valence-corrected chi connectivity index (χ0v) is 16.1. The standard InChI is InChI=1S/C20H22ClFN2O3/c1-26-14-6-8-19(27-2)15(11-14)18-4-3-9-24(18)12-20(25)23-17-10-13(21)5-7-16(17)22/h5-8,10-11,18H,3-4,9,12H2,1-2H3,(H,23,25)/p+1/t18-/m0/s1. The van der Waals surface area contributed by atoms with Gasteiger partial charge in [-0.1, -0.05) is 11.6 Å². The second-order valence-electron chi connectivity index (χ2n) is 6.56. The van der Waals surface area contributed by atoms with Crippen LogP contribution in [0.15, 0.2) is 36.4 Å². The highest BCUT2D eigenvalue weighted by Crippen LogP contribution is 2.31. The summed E-state index contributed by atoms with van der Waals surface area (Å²) in [7, 11) is 3.26. The van der Waals surface area contributed by atoms with Gasteiger partial charge in [0.15, 0.2) is 6.54 Å². The van der Waals surface area contributed by atoms with E-state index in [-0.39, 0.29) is 24.2 Å². The van der Waals surface area contributed by atoms with Gasteiger partial charge in [-0.05, 0) is 36.4 Å². The number of hydrogen-bond donors (Lipinski definition) is 2. The Labute approximate surface area is 163 Å². The van der Waals surface area contributed by atoms with Gasteiger partial charge in [0.05, 0.1) is 32.0 Å². The molecular weight excluding hydrogens is 371 g/mol. The van der Waals surface area contributed by atoms with Gasteiger partial charge in [-0.2, -0.15) is 0 Å². The molecule has 0 bridgehead atoms. The summed E-state index contributed by atoms with van der Waals surface area (Å²) in [5.41, 5.74) is 1.12. The first-order valence-corrected chi connectivity index (χ1v) is 9.21. The number of carbonyl (C=O) groups is 1. The van der Waals surface area contributed by atoms with Crippen molar-refractivity contribution in [1.82, 2.24) is 0 Å². The molecule has 27 heavy (non-hydrogen) atoms. The molecule has 1 aliphatic heterocycles. The molecule has 1 aliphatic rings. The number of rotatable bonds is 6. The van der Waals surface area contributed by atoms with Crippen molar-refractivity contribution in [1.29, 1.82) is 0 Å². The predicted octanol–water partition coefficient (Wildman–Crippen LogP) is 2.85. The van der Waals surface area contributed by atoms with Crippen molar-refractivity contribution < 1.29 is 23.6 Å². The molecule has 2 N–H and O–H groups in total. The summed E-state index contributed by atoms with van der Waals surface area (Å²) < 4.78 is 24.7. The second kappa shape index (κ2) is 8.59. The fourth-order valence-corrected chi connectivity index (χ4v) is 3.78. The molecule has 3 rings (SSSR count). The Morgan fingerprint density at radius 2 is 2.07 bits per heavy atom. The normalized spacial score (nSPS) is 19.0. The lowest BCUT2D eigenvalue weighted by Crippen LogP contribution is -3.11. The molecule has 1 saturated heterocycles. The highest BCUT2D eigenvalue weighted by atomic mass is 35.5. The van der Waals surface area contributed by atoms with E-state index in [2.05, 4.69) is 5.32 Å². The minimum Gasteiger partial charge on any atom is -0.497 e. The third-order valence-electron chi connectivity index (χ3n) is 4.89. The van der Waals surface area contributed by atoms with Crippen LogP contribution in [0.3, 0.4) is 0 Å². The molecule has 7 heteroatoms. The topological polar surface area (TPSA) is 52.0 Å². The minimum absolute atomic E-state index is 0.0987. The lowest BCUT2D eigenvalue weighted by atomic mass is 10.0. The molecule has 2 atom stereocenters. The van der Waals surface area contributed by atoms with Crippen molar-refractivity contribution in [2.24, 2.45) is 0 Å². The Kier molecular flexibility index (Phi) is 6.19. The van der Waals surface area contributed by atoms with Gasteiger partial charge in [0.1, 0.15) is 23.4 Å². The fraction of sp³-hybridized carbons (Fsp3) is 0.350. The van der Waals surface area contributed by atoms with Gasteiger partial charge >= 0.3 is 0 Å². The Morgan fingerprint density at radius 1 is 1.26 bits per heavy atom. The van der Waals surface area contributed by atoms with E-state index in [0.717, 1.165) is 41.3 Å². The average Bonchev–Trinajstić information content (AvgIpc) is 3.11. The molecule has 1 fully saturated rings. The van der Waals surface area contributed by atoms with E-state index < -0.39 is 5.82 Å². The summed E-state index contributed by atoms with van der Waals surface area (Å²) in [6.07, 6.45) is 1.94. The SMILES string of the molecule is COc1ccc(OC)c([C@@H]2CCC[NH+]2CC(=O)Nc2cc(Cl)ccc2F)c1. The van der Waals surface area contributed by atoms with E-state index in [0.29, 0.717) is 5.02 Å². The number of amides is 1. The summed E-state index contributed by atoms with van der Waals surface area (Å²) in [5, 5.41) is 3.00. The number of likely N-dealkylation sites (tertiary alicyclic amines) is 1. The van der Waals surface area contributed by atoms with Crippen LogP contribution in [0, 0.1) is 5.82 Å². The third-order valence-corrected chi connectivity index (χ3v) is 5.12. The Morgan fingerprint density at radius 3 is 2.81 bits per heavy atom. The van der Waals surface area contributed by atoms with Crippen LogP contribution in [0.5, 0.6) is 11.5 Å². The molecule has 1 heterocycles. The van der Waals surface area contributed by atoms with E-state index in [1.165, 1.54) is 18.2 Å². The largest absolute Gasteiger partial charge is 0.497 e. The number of quaternary nitrogens is 1. The first kappa shape index (κ1) is 19.5. The lowest BCUT2D eigenvalue weighted by molar-refractivity contribution is -0.910. The summed E-state index contributed by atoms with van der Waals surface area (Å²) in [6.45, 7) is 1.09. The van der Waals surface area contributed by atoms with Gasteiger partial charge in [-0.25, -0.2) is 4.39 Å². The lowest BCUT2D eigenvalue weighted by Gasteiger charge is -2.23. The van der Waals surface area contributed by atoms with Crippen LogP contribution in [-0.4, -0.2) is 33.2 Å². The maximum Gasteiger partial charge on any atom is 0.279 e. The van der Waals surface area contributed by atoms with Crippen molar-refractivity contribution in [2.75, 3.05) is 32.6 Å². The van der Waals surface area contributed by atoms with Gasteiger partial charge in [-0.3, -0.25) is 4.79 Å². The number of halogens is 2. The molecule has 2 aromatic carbocycles. The zero-order valence-electron chi connectivity index (χ0n) is 15.4. The molecule has 1 amide bonds. The molecule has 5 nitrogen and oxygen atoms in total. The van der Waals surface area contributed by atoms with Gasteiger partial charge in [0.25, 0.3) is 5.91 Å². The van der Waals surface area contributed by atoms with Crippen LogP contribution in [0.2, 0.25) is 5.02 Å². The highest BCUT2D eigenvalue weighted by Gasteiger charge is 2.34. The fourth-order valence-electron chi connectivity index (χ4n) is 3.60. The summed E-state index contributed by atoms with van der Waals surface area (Å²) in [6, 6.07) is 9.91. The average molecular weight is 394 g/mol. The van der Waals surface area contributed by atoms with E-state index in [1.807, 2.05) is 18.2 Å². The number of benzene rings is 2. The quantitative estimate of drug-likeness (QED) is 0.793. The van der Waals surface area contributed by atoms with E-state index in [9.17, 15) is 9.18 Å². The Bertz CT molecular complexity index is 831. The van der Waals surface area contributed by atoms with E-state index >= 15 is 0 Å². The predicted molar refractivity (Wildman–Crippen MR) is 102 cm³/mol. The van der Waals surface area contributed by atoms with Gasteiger partial charge < -0.3 is 19.7 Å². The van der Waals surface area contributed by atoms with Crippen LogP contribution >= 0.6 is 11.6 Å². The Balaban J connectivity index is 1.75. The number of anilines is 1. The monoisotopic (exact) mass is 393 g/mol. The molecule has 144 valence electrons. The molecule has 2 aromatic rings. The third kappa shape index (κ3) is 4.51. The molecule has 0 spiro atoms. The van der Waals surface area contributed by atoms with E-state index in [1.54, 1.807) is 14.2 Å². The van der Waals surface area contributed by atoms with Crippen molar-refractivity contribution in [3.8, 4) is 11.5 Å². The first-order chi connectivity index (χ1) is 13.0. The van der Waals surface area contributed by atoms with Crippen molar-refractivity contribution >= 4 is 23.2 Å². The molecule has 0 radical (unpaired) electrons. The van der Waals surface area contributed by atoms with Crippen molar-refractivity contribution in [2.45, 2.75) is 18.9 Å². The Hall–Kier alpha value is -2.31. The van der Waals surface area contributed by atoms with Crippen molar-refractivity contribution in [3.63, 3.8) is 0 Å². The molecule has 0 saturated carbocycles. The summed E-state index contributed by atoms with van der Waals surface area (Å²) in [5.74, 6) is 0.777. The molecule has 1 unspecified atom stereocenters. The molecular formula is C20H23ClFN2O3+. The number of hydrogen-bond acceptors (Lipinski definition) is 3. The van der Waals surface area contributed by atoms with Crippen LogP contribution in [-0.2, 0) is 4.79 Å². The highest BCUT2D eigenvalue weighted by molar-refractivity contribution is 6.30. The van der Waals surface area contributed by atoms with Crippen LogP contribution in [0.1, 0.15) is 24.4 Å². The van der Waals surface area contributed by atoms with Crippen molar-refractivity contribution in [3.05, 3.63) is 52.8 Å². The number of nitrogens with one attached hydrogen (secondary N) is 2. The van der Waals surface area contributed by atoms with Crippen LogP contribution in [0.4, 0.5) is 10.1 Å². The smallest absolute Gasteiger partial charge is 0.279 e. The second-order valence-corrected chi connectivity index (χ2v) is 7.00. The van der Waals surface area contributed by atoms with Crippen LogP contribution in [0.25, 0.3) is 0 Å². The summed E-state index contributed by atoms with van der Waals surface area (Å²) >= 11 is 5.89. The van der Waals surface area contributed by atoms with Gasteiger partial charge in [-0.15, -0.1) is 0 Å². The van der Waals surface area contributed by atoms with E-state index in [4.69, 9.17) is 21.1 Å². The number of ether oxygens (including phenoxy) is 2. The molecule has 0 aromatic heterocycles. The number of carbonyl (C=O) groups excluding carboxylic acids is 1. The zero-order chi connectivity index (χ0) is 19.4. The van der Waals surface area contributed by atoms with Gasteiger partial charge in [0, 0.05) is 17.9 Å². The summed E-state index contributed by atoms with van der Waals surface area (Å²) in [4.78, 5) is 13.6. The maximum atomic E-state index is 13.9. The van der Waals surface area contributed by atoms with Gasteiger partial charge in [0.2, 0.25) is 0 Å². The number of methoxy groups -OCH3 is 2. The van der Waals surface area contributed by atoms with Crippen LogP contribution < -0.4 is 19.7 Å². The molecule has 0 aliphatic carbocycles. The first-order valence-electron chi connectivity index (χ1n) is 8.83.